The van der Waals surface area contributed by atoms with Crippen molar-refractivity contribution in [2.45, 2.75) is 26.4 Å². The molecule has 0 spiro atoms. The average Bonchev–Trinajstić information content (AvgIpc) is 2.27. The predicted octanol–water partition coefficient (Wildman–Crippen LogP) is 1.77. The SMILES string of the molecule is CC(C)CCNCC(O)c1ccc(O)c(O)c1. The molecule has 0 aromatic heterocycles. The smallest absolute Gasteiger partial charge is 0.157 e. The Balaban J connectivity index is 2.41. The van der Waals surface area contributed by atoms with E-state index in [9.17, 15) is 10.2 Å². The van der Waals surface area contributed by atoms with E-state index in [0.29, 0.717) is 18.0 Å². The Morgan fingerprint density at radius 3 is 2.47 bits per heavy atom. The Labute approximate surface area is 102 Å². The molecule has 96 valence electrons. The van der Waals surface area contributed by atoms with Gasteiger partial charge in [0, 0.05) is 6.54 Å². The summed E-state index contributed by atoms with van der Waals surface area (Å²) in [5.41, 5.74) is 0.595. The van der Waals surface area contributed by atoms with Crippen LogP contribution in [-0.4, -0.2) is 28.4 Å². The lowest BCUT2D eigenvalue weighted by Crippen LogP contribution is -2.23. The van der Waals surface area contributed by atoms with Gasteiger partial charge in [-0.25, -0.2) is 0 Å². The maximum absolute atomic E-state index is 9.85. The highest BCUT2D eigenvalue weighted by Crippen LogP contribution is 2.27. The summed E-state index contributed by atoms with van der Waals surface area (Å²) in [5.74, 6) is 0.259. The number of hydrogen-bond acceptors (Lipinski definition) is 4. The Morgan fingerprint density at radius 1 is 1.18 bits per heavy atom. The fourth-order valence-corrected chi connectivity index (χ4v) is 1.50. The highest BCUT2D eigenvalue weighted by Gasteiger charge is 2.09. The van der Waals surface area contributed by atoms with Crippen LogP contribution in [0.1, 0.15) is 31.9 Å². The largest absolute Gasteiger partial charge is 0.504 e. The summed E-state index contributed by atoms with van der Waals surface area (Å²) in [5, 5.41) is 31.5. The van der Waals surface area contributed by atoms with E-state index in [1.807, 2.05) is 0 Å². The van der Waals surface area contributed by atoms with E-state index in [1.165, 1.54) is 12.1 Å². The molecule has 4 nitrogen and oxygen atoms in total. The van der Waals surface area contributed by atoms with E-state index in [0.717, 1.165) is 13.0 Å². The predicted molar refractivity (Wildman–Crippen MR) is 67.1 cm³/mol. The molecular formula is C13H21NO3. The second-order valence-corrected chi connectivity index (χ2v) is 4.65. The summed E-state index contributed by atoms with van der Waals surface area (Å²) in [6, 6.07) is 4.36. The van der Waals surface area contributed by atoms with Crippen LogP contribution in [0.3, 0.4) is 0 Å². The monoisotopic (exact) mass is 239 g/mol. The van der Waals surface area contributed by atoms with Crippen LogP contribution in [0, 0.1) is 5.92 Å². The average molecular weight is 239 g/mol. The van der Waals surface area contributed by atoms with Gasteiger partial charge in [-0.15, -0.1) is 0 Å². The molecule has 4 N–H and O–H groups in total. The minimum absolute atomic E-state index is 0.172. The van der Waals surface area contributed by atoms with Crippen LogP contribution >= 0.6 is 0 Å². The summed E-state index contributed by atoms with van der Waals surface area (Å²) in [6.45, 7) is 5.60. The summed E-state index contributed by atoms with van der Waals surface area (Å²) in [4.78, 5) is 0. The van der Waals surface area contributed by atoms with Gasteiger partial charge in [0.2, 0.25) is 0 Å². The van der Waals surface area contributed by atoms with Crippen molar-refractivity contribution < 1.29 is 15.3 Å². The molecule has 0 aliphatic carbocycles. The molecular weight excluding hydrogens is 218 g/mol. The Morgan fingerprint density at radius 2 is 1.88 bits per heavy atom. The van der Waals surface area contributed by atoms with Gasteiger partial charge in [-0.3, -0.25) is 0 Å². The highest BCUT2D eigenvalue weighted by atomic mass is 16.3. The lowest BCUT2D eigenvalue weighted by Gasteiger charge is -2.13. The fraction of sp³-hybridized carbons (Fsp3) is 0.538. The first-order chi connectivity index (χ1) is 8.00. The Hall–Kier alpha value is -1.26. The van der Waals surface area contributed by atoms with Gasteiger partial charge in [0.05, 0.1) is 6.10 Å². The van der Waals surface area contributed by atoms with Crippen molar-refractivity contribution in [1.82, 2.24) is 5.32 Å². The van der Waals surface area contributed by atoms with Crippen LogP contribution in [0.15, 0.2) is 18.2 Å². The molecule has 17 heavy (non-hydrogen) atoms. The molecule has 0 heterocycles. The standard InChI is InChI=1S/C13H21NO3/c1-9(2)5-6-14-8-13(17)10-3-4-11(15)12(16)7-10/h3-4,7,9,13-17H,5-6,8H2,1-2H3. The molecule has 0 radical (unpaired) electrons. The third-order valence-corrected chi connectivity index (χ3v) is 2.62. The number of aliphatic hydroxyl groups excluding tert-OH is 1. The maximum Gasteiger partial charge on any atom is 0.157 e. The van der Waals surface area contributed by atoms with E-state index < -0.39 is 6.10 Å². The van der Waals surface area contributed by atoms with E-state index in [4.69, 9.17) is 5.11 Å². The van der Waals surface area contributed by atoms with Gasteiger partial charge >= 0.3 is 0 Å². The second-order valence-electron chi connectivity index (χ2n) is 4.65. The molecule has 0 saturated carbocycles. The van der Waals surface area contributed by atoms with Gasteiger partial charge in [-0.2, -0.15) is 0 Å². The van der Waals surface area contributed by atoms with Crippen LogP contribution in [0.25, 0.3) is 0 Å². The van der Waals surface area contributed by atoms with Gasteiger partial charge in [0.1, 0.15) is 0 Å². The molecule has 0 aliphatic rings. The zero-order valence-electron chi connectivity index (χ0n) is 10.3. The number of rotatable bonds is 6. The molecule has 0 aliphatic heterocycles. The molecule has 0 bridgehead atoms. The first-order valence-electron chi connectivity index (χ1n) is 5.91. The first-order valence-corrected chi connectivity index (χ1v) is 5.91. The number of hydrogen-bond donors (Lipinski definition) is 4. The summed E-state index contributed by atoms with van der Waals surface area (Å²) < 4.78 is 0. The van der Waals surface area contributed by atoms with Crippen molar-refractivity contribution in [2.75, 3.05) is 13.1 Å². The minimum atomic E-state index is -0.673. The number of nitrogens with one attached hydrogen (secondary N) is 1. The van der Waals surface area contributed by atoms with Crippen molar-refractivity contribution in [2.24, 2.45) is 5.92 Å². The summed E-state index contributed by atoms with van der Waals surface area (Å²) >= 11 is 0. The number of phenolic OH excluding ortho intramolecular Hbond substituents is 2. The van der Waals surface area contributed by atoms with Gasteiger partial charge in [0.15, 0.2) is 11.5 Å². The number of aromatic hydroxyl groups is 2. The van der Waals surface area contributed by atoms with Crippen molar-refractivity contribution in [3.05, 3.63) is 23.8 Å². The van der Waals surface area contributed by atoms with Crippen LogP contribution < -0.4 is 5.32 Å². The van der Waals surface area contributed by atoms with Crippen LogP contribution in [-0.2, 0) is 0 Å². The number of phenols is 2. The molecule has 1 aromatic rings. The molecule has 1 unspecified atom stereocenters. The van der Waals surface area contributed by atoms with Gasteiger partial charge in [-0.1, -0.05) is 19.9 Å². The molecule has 0 amide bonds. The normalized spacial score (nSPS) is 12.9. The Kier molecular flexibility index (Phi) is 5.25. The van der Waals surface area contributed by atoms with E-state index in [1.54, 1.807) is 6.07 Å². The number of aliphatic hydroxyl groups is 1. The molecule has 4 heteroatoms. The van der Waals surface area contributed by atoms with Crippen LogP contribution in [0.2, 0.25) is 0 Å². The van der Waals surface area contributed by atoms with Crippen LogP contribution in [0.5, 0.6) is 11.5 Å². The number of benzene rings is 1. The van der Waals surface area contributed by atoms with Crippen molar-refractivity contribution in [1.29, 1.82) is 0 Å². The van der Waals surface area contributed by atoms with Crippen molar-refractivity contribution in [3.63, 3.8) is 0 Å². The van der Waals surface area contributed by atoms with E-state index in [-0.39, 0.29) is 11.5 Å². The fourth-order valence-electron chi connectivity index (χ4n) is 1.50. The second kappa shape index (κ2) is 6.47. The summed E-state index contributed by atoms with van der Waals surface area (Å²) in [6.07, 6.45) is 0.391. The van der Waals surface area contributed by atoms with Gasteiger partial charge < -0.3 is 20.6 Å². The molecule has 0 saturated heterocycles. The minimum Gasteiger partial charge on any atom is -0.504 e. The lowest BCUT2D eigenvalue weighted by atomic mass is 10.1. The van der Waals surface area contributed by atoms with Gasteiger partial charge in [-0.05, 0) is 36.6 Å². The molecule has 1 aromatic carbocycles. The highest BCUT2D eigenvalue weighted by molar-refractivity contribution is 5.41. The van der Waals surface area contributed by atoms with E-state index >= 15 is 0 Å². The first kappa shape index (κ1) is 13.8. The van der Waals surface area contributed by atoms with Crippen molar-refractivity contribution >= 4 is 0 Å². The topological polar surface area (TPSA) is 72.7 Å². The van der Waals surface area contributed by atoms with Gasteiger partial charge in [0.25, 0.3) is 0 Å². The quantitative estimate of drug-likeness (QED) is 0.451. The Bertz CT molecular complexity index is 353. The van der Waals surface area contributed by atoms with E-state index in [2.05, 4.69) is 19.2 Å². The zero-order valence-corrected chi connectivity index (χ0v) is 10.3. The van der Waals surface area contributed by atoms with Crippen molar-refractivity contribution in [3.8, 4) is 11.5 Å². The molecule has 1 rings (SSSR count). The third-order valence-electron chi connectivity index (χ3n) is 2.62. The summed E-state index contributed by atoms with van der Waals surface area (Å²) in [7, 11) is 0. The maximum atomic E-state index is 9.85. The third kappa shape index (κ3) is 4.63. The zero-order chi connectivity index (χ0) is 12.8. The molecule has 1 atom stereocenters. The lowest BCUT2D eigenvalue weighted by molar-refractivity contribution is 0.174. The molecule has 0 fully saturated rings. The van der Waals surface area contributed by atoms with Crippen LogP contribution in [0.4, 0.5) is 0 Å².